The lowest BCUT2D eigenvalue weighted by atomic mass is 10.2. The van der Waals surface area contributed by atoms with E-state index in [0.29, 0.717) is 10.7 Å². The zero-order valence-corrected chi connectivity index (χ0v) is 12.7. The monoisotopic (exact) mass is 316 g/mol. The van der Waals surface area contributed by atoms with E-state index in [9.17, 15) is 4.79 Å². The molecule has 7 heteroatoms. The molecule has 0 spiro atoms. The number of hydrogen-bond donors (Lipinski definition) is 4. The summed E-state index contributed by atoms with van der Waals surface area (Å²) in [6, 6.07) is 6.94. The zero-order chi connectivity index (χ0) is 15.9. The van der Waals surface area contributed by atoms with Crippen molar-refractivity contribution < 1.29 is 10.0 Å². The van der Waals surface area contributed by atoms with Crippen LogP contribution in [0.3, 0.4) is 0 Å². The van der Waals surface area contributed by atoms with E-state index in [1.165, 1.54) is 17.5 Å². The van der Waals surface area contributed by atoms with E-state index in [0.717, 1.165) is 17.0 Å². The number of primary amides is 1. The van der Waals surface area contributed by atoms with Crippen molar-refractivity contribution in [2.45, 2.75) is 6.92 Å². The molecule has 5 N–H and O–H groups in total. The molecule has 0 aliphatic heterocycles. The predicted octanol–water partition coefficient (Wildman–Crippen LogP) is 2.88. The van der Waals surface area contributed by atoms with E-state index in [-0.39, 0.29) is 0 Å². The highest BCUT2D eigenvalue weighted by Crippen LogP contribution is 2.24. The first-order valence-electron chi connectivity index (χ1n) is 6.46. The molecule has 1 aromatic heterocycles. The number of hydroxylamine groups is 1. The van der Waals surface area contributed by atoms with Gasteiger partial charge < -0.3 is 11.1 Å². The van der Waals surface area contributed by atoms with Crippen LogP contribution in [0.25, 0.3) is 5.57 Å². The van der Waals surface area contributed by atoms with Crippen LogP contribution < -0.4 is 16.5 Å². The van der Waals surface area contributed by atoms with Gasteiger partial charge in [-0.25, -0.2) is 4.98 Å². The Morgan fingerprint density at radius 3 is 3.00 bits per heavy atom. The number of nitrogens with one attached hydrogen (secondary N) is 2. The molecule has 2 aromatic rings. The summed E-state index contributed by atoms with van der Waals surface area (Å²) >= 11 is 1.46. The first kappa shape index (κ1) is 15.7. The fourth-order valence-corrected chi connectivity index (χ4v) is 2.50. The highest BCUT2D eigenvalue weighted by atomic mass is 32.1. The van der Waals surface area contributed by atoms with Crippen molar-refractivity contribution in [1.82, 2.24) is 10.5 Å². The number of allylic oxidation sites excluding steroid dienone is 3. The molecule has 0 aliphatic rings. The van der Waals surface area contributed by atoms with E-state index in [1.54, 1.807) is 24.3 Å². The van der Waals surface area contributed by atoms with Gasteiger partial charge in [0.25, 0.3) is 0 Å². The Bertz CT molecular complexity index is 722. The molecule has 1 amide bonds. The Labute approximate surface area is 132 Å². The van der Waals surface area contributed by atoms with Crippen LogP contribution in [0.1, 0.15) is 23.0 Å². The summed E-state index contributed by atoms with van der Waals surface area (Å²) in [7, 11) is 0. The van der Waals surface area contributed by atoms with Gasteiger partial charge in [-0.2, -0.15) is 0 Å². The minimum absolute atomic E-state index is 0.444. The van der Waals surface area contributed by atoms with Crippen LogP contribution in [0.5, 0.6) is 0 Å². The summed E-state index contributed by atoms with van der Waals surface area (Å²) in [6.45, 7) is 1.92. The smallest absolute Gasteiger partial charge is 0.248 e. The second-order valence-corrected chi connectivity index (χ2v) is 5.30. The first-order valence-corrected chi connectivity index (χ1v) is 7.34. The van der Waals surface area contributed by atoms with Crippen molar-refractivity contribution in [1.29, 1.82) is 0 Å². The van der Waals surface area contributed by atoms with E-state index in [4.69, 9.17) is 10.9 Å². The van der Waals surface area contributed by atoms with Gasteiger partial charge in [-0.05, 0) is 36.8 Å². The fraction of sp³-hybridized carbons (Fsp3) is 0.0667. The lowest BCUT2D eigenvalue weighted by Crippen LogP contribution is -2.10. The molecule has 0 saturated heterocycles. The zero-order valence-electron chi connectivity index (χ0n) is 11.9. The van der Waals surface area contributed by atoms with Crippen LogP contribution in [0.2, 0.25) is 0 Å². The SMILES string of the molecule is C/C(=C\C=C/NO)c1csc(Nc2cccc(C(N)=O)c2)n1. The number of thiazole rings is 1. The Hall–Kier alpha value is -2.64. The number of nitrogens with two attached hydrogens (primary N) is 1. The van der Waals surface area contributed by atoms with E-state index < -0.39 is 5.91 Å². The lowest BCUT2D eigenvalue weighted by Gasteiger charge is -2.03. The van der Waals surface area contributed by atoms with E-state index in [1.807, 2.05) is 29.9 Å². The van der Waals surface area contributed by atoms with Crippen molar-refractivity contribution in [3.8, 4) is 0 Å². The first-order chi connectivity index (χ1) is 10.6. The van der Waals surface area contributed by atoms with E-state index in [2.05, 4.69) is 10.3 Å². The standard InChI is InChI=1S/C15H16N4O2S/c1-10(4-3-7-17-21)13-9-22-15(19-13)18-12-6-2-5-11(8-12)14(16)20/h2-9,17,21H,1H3,(H2,16,20)(H,18,19)/b7-3-,10-4+. The third-order valence-electron chi connectivity index (χ3n) is 2.82. The van der Waals surface area contributed by atoms with Crippen LogP contribution in [-0.4, -0.2) is 16.1 Å². The summed E-state index contributed by atoms with van der Waals surface area (Å²) in [6.07, 6.45) is 4.91. The number of rotatable bonds is 6. The molecule has 0 unspecified atom stereocenters. The van der Waals surface area contributed by atoms with Gasteiger partial charge in [0.15, 0.2) is 5.13 Å². The number of nitrogens with zero attached hydrogens (tertiary/aromatic N) is 1. The second-order valence-electron chi connectivity index (χ2n) is 4.45. The Morgan fingerprint density at radius 2 is 2.27 bits per heavy atom. The number of anilines is 2. The molecule has 0 radical (unpaired) electrons. The average Bonchev–Trinajstić information content (AvgIpc) is 2.96. The molecular formula is C15H16N4O2S. The molecular weight excluding hydrogens is 300 g/mol. The maximum atomic E-state index is 11.2. The molecule has 2 rings (SSSR count). The summed E-state index contributed by atoms with van der Waals surface area (Å²) in [5.41, 5.74) is 10.2. The molecule has 6 nitrogen and oxygen atoms in total. The summed E-state index contributed by atoms with van der Waals surface area (Å²) < 4.78 is 0. The van der Waals surface area contributed by atoms with Crippen molar-refractivity contribution in [2.24, 2.45) is 5.73 Å². The van der Waals surface area contributed by atoms with E-state index >= 15 is 0 Å². The van der Waals surface area contributed by atoms with Gasteiger partial charge in [0.05, 0.1) is 5.69 Å². The minimum atomic E-state index is -0.466. The van der Waals surface area contributed by atoms with Gasteiger partial charge in [0.2, 0.25) is 5.91 Å². The molecule has 22 heavy (non-hydrogen) atoms. The third-order valence-corrected chi connectivity index (χ3v) is 3.58. The normalized spacial score (nSPS) is 11.6. The second kappa shape index (κ2) is 7.39. The lowest BCUT2D eigenvalue weighted by molar-refractivity contribution is 0.100. The number of carbonyl (C=O) groups is 1. The van der Waals surface area contributed by atoms with Gasteiger partial charge in [0, 0.05) is 22.8 Å². The molecule has 0 bridgehead atoms. The number of amides is 1. The summed E-state index contributed by atoms with van der Waals surface area (Å²) in [5, 5.41) is 14.2. The minimum Gasteiger partial charge on any atom is -0.366 e. The molecule has 1 heterocycles. The number of benzene rings is 1. The van der Waals surface area contributed by atoms with Gasteiger partial charge >= 0.3 is 0 Å². The number of hydrogen-bond acceptors (Lipinski definition) is 6. The van der Waals surface area contributed by atoms with Gasteiger partial charge in [0.1, 0.15) is 0 Å². The van der Waals surface area contributed by atoms with Gasteiger partial charge in [-0.1, -0.05) is 12.1 Å². The Morgan fingerprint density at radius 1 is 1.45 bits per heavy atom. The van der Waals surface area contributed by atoms with Crippen LogP contribution in [0.15, 0.2) is 48.0 Å². The van der Waals surface area contributed by atoms with Crippen LogP contribution in [-0.2, 0) is 0 Å². The van der Waals surface area contributed by atoms with Crippen molar-refractivity contribution >= 4 is 33.6 Å². The molecule has 0 aliphatic carbocycles. The quantitative estimate of drug-likeness (QED) is 0.485. The fourth-order valence-electron chi connectivity index (χ4n) is 1.71. The molecule has 0 fully saturated rings. The highest BCUT2D eigenvalue weighted by Gasteiger charge is 2.05. The largest absolute Gasteiger partial charge is 0.366 e. The predicted molar refractivity (Wildman–Crippen MR) is 88.1 cm³/mol. The van der Waals surface area contributed by atoms with Crippen LogP contribution in [0.4, 0.5) is 10.8 Å². The average molecular weight is 316 g/mol. The Balaban J connectivity index is 2.12. The van der Waals surface area contributed by atoms with Gasteiger partial charge in [-0.3, -0.25) is 15.5 Å². The third kappa shape index (κ3) is 4.18. The summed E-state index contributed by atoms with van der Waals surface area (Å²) in [5.74, 6) is -0.466. The molecule has 1 aromatic carbocycles. The van der Waals surface area contributed by atoms with Gasteiger partial charge in [-0.15, -0.1) is 11.3 Å². The molecule has 0 atom stereocenters. The summed E-state index contributed by atoms with van der Waals surface area (Å²) in [4.78, 5) is 15.6. The molecule has 0 saturated carbocycles. The maximum Gasteiger partial charge on any atom is 0.248 e. The number of aromatic nitrogens is 1. The topological polar surface area (TPSA) is 100 Å². The van der Waals surface area contributed by atoms with Crippen LogP contribution in [0, 0.1) is 0 Å². The highest BCUT2D eigenvalue weighted by molar-refractivity contribution is 7.13. The Kier molecular flexibility index (Phi) is 5.29. The van der Waals surface area contributed by atoms with Crippen molar-refractivity contribution in [3.63, 3.8) is 0 Å². The van der Waals surface area contributed by atoms with Crippen molar-refractivity contribution in [2.75, 3.05) is 5.32 Å². The van der Waals surface area contributed by atoms with Crippen LogP contribution >= 0.6 is 11.3 Å². The van der Waals surface area contributed by atoms with Crippen molar-refractivity contribution in [3.05, 3.63) is 59.3 Å². The molecule has 114 valence electrons. The maximum absolute atomic E-state index is 11.2. The number of carbonyl (C=O) groups excluding carboxylic acids is 1.